The Morgan fingerprint density at radius 2 is 1.87 bits per heavy atom. The summed E-state index contributed by atoms with van der Waals surface area (Å²) in [5.74, 6) is -1.01. The summed E-state index contributed by atoms with van der Waals surface area (Å²) < 4.78 is 9.77. The van der Waals surface area contributed by atoms with E-state index in [-0.39, 0.29) is 12.5 Å². The second-order valence-corrected chi connectivity index (χ2v) is 3.46. The first-order valence-electron chi connectivity index (χ1n) is 5.45. The van der Waals surface area contributed by atoms with Crippen molar-refractivity contribution in [3.05, 3.63) is 0 Å². The summed E-state index contributed by atoms with van der Waals surface area (Å²) in [6.07, 6.45) is 2.11. The molecule has 0 aromatic carbocycles. The third-order valence-corrected chi connectivity index (χ3v) is 1.96. The molecule has 15 heavy (non-hydrogen) atoms. The summed E-state index contributed by atoms with van der Waals surface area (Å²) in [4.78, 5) is 22.2. The highest BCUT2D eigenvalue weighted by Gasteiger charge is 2.13. The fourth-order valence-electron chi connectivity index (χ4n) is 0.849. The fourth-order valence-corrected chi connectivity index (χ4v) is 0.849. The summed E-state index contributed by atoms with van der Waals surface area (Å²) >= 11 is 0. The van der Waals surface area contributed by atoms with Gasteiger partial charge in [0.2, 0.25) is 0 Å². The zero-order valence-electron chi connectivity index (χ0n) is 9.75. The number of hydrogen-bond donors (Lipinski definition) is 0. The zero-order chi connectivity index (χ0) is 11.7. The maximum Gasteiger partial charge on any atom is 0.317 e. The Balaban J connectivity index is 3.62. The fraction of sp³-hybridized carbons (Fsp3) is 0.818. The Morgan fingerprint density at radius 1 is 1.20 bits per heavy atom. The summed E-state index contributed by atoms with van der Waals surface area (Å²) in [6, 6.07) is 0. The van der Waals surface area contributed by atoms with Crippen LogP contribution in [0.5, 0.6) is 0 Å². The highest BCUT2D eigenvalue weighted by Crippen LogP contribution is 2.00. The lowest BCUT2D eigenvalue weighted by molar-refractivity contribution is -0.157. The Bertz CT molecular complexity index is 201. The summed E-state index contributed by atoms with van der Waals surface area (Å²) in [6.45, 7) is 6.09. The van der Waals surface area contributed by atoms with Crippen molar-refractivity contribution >= 4 is 11.9 Å². The molecule has 4 nitrogen and oxygen atoms in total. The summed E-state index contributed by atoms with van der Waals surface area (Å²) in [7, 11) is 0. The number of rotatable bonds is 7. The molecular weight excluding hydrogens is 196 g/mol. The molecule has 0 fully saturated rings. The maximum absolute atomic E-state index is 11.1. The molecular formula is C11H20O4. The van der Waals surface area contributed by atoms with E-state index in [4.69, 9.17) is 9.47 Å². The van der Waals surface area contributed by atoms with Gasteiger partial charge in [-0.25, -0.2) is 0 Å². The third kappa shape index (κ3) is 7.97. The first kappa shape index (κ1) is 13.9. The number of unbranched alkanes of at least 4 members (excludes halogenated alkanes) is 1. The van der Waals surface area contributed by atoms with Crippen LogP contribution in [0.2, 0.25) is 0 Å². The average molecular weight is 216 g/mol. The first-order chi connectivity index (χ1) is 7.10. The van der Waals surface area contributed by atoms with Crippen LogP contribution in [0.1, 0.15) is 46.5 Å². The largest absolute Gasteiger partial charge is 0.465 e. The van der Waals surface area contributed by atoms with Gasteiger partial charge in [-0.1, -0.05) is 20.3 Å². The van der Waals surface area contributed by atoms with Crippen molar-refractivity contribution in [2.24, 2.45) is 0 Å². The van der Waals surface area contributed by atoms with Gasteiger partial charge < -0.3 is 9.47 Å². The van der Waals surface area contributed by atoms with Crippen molar-refractivity contribution in [2.75, 3.05) is 6.61 Å². The summed E-state index contributed by atoms with van der Waals surface area (Å²) in [5.41, 5.74) is 0. The summed E-state index contributed by atoms with van der Waals surface area (Å²) in [5, 5.41) is 0. The van der Waals surface area contributed by atoms with E-state index in [0.717, 1.165) is 19.3 Å². The van der Waals surface area contributed by atoms with Crippen LogP contribution in [0.15, 0.2) is 0 Å². The van der Waals surface area contributed by atoms with Crippen LogP contribution in [0.3, 0.4) is 0 Å². The molecule has 0 saturated carbocycles. The maximum atomic E-state index is 11.1. The van der Waals surface area contributed by atoms with Gasteiger partial charge >= 0.3 is 11.9 Å². The molecule has 1 atom stereocenters. The van der Waals surface area contributed by atoms with Gasteiger partial charge in [0.1, 0.15) is 6.42 Å². The number of hydrogen-bond acceptors (Lipinski definition) is 4. The second-order valence-electron chi connectivity index (χ2n) is 3.46. The van der Waals surface area contributed by atoms with E-state index in [1.807, 2.05) is 13.8 Å². The van der Waals surface area contributed by atoms with Crippen LogP contribution in [-0.4, -0.2) is 24.6 Å². The molecule has 0 aromatic rings. The van der Waals surface area contributed by atoms with E-state index in [9.17, 15) is 9.59 Å². The molecule has 0 N–H and O–H groups in total. The Hall–Kier alpha value is -1.06. The molecule has 0 spiro atoms. The smallest absolute Gasteiger partial charge is 0.317 e. The number of carbonyl (C=O) groups excluding carboxylic acids is 2. The number of ether oxygens (including phenoxy) is 2. The van der Waals surface area contributed by atoms with Crippen molar-refractivity contribution in [2.45, 2.75) is 52.6 Å². The predicted molar refractivity (Wildman–Crippen MR) is 56.3 cm³/mol. The van der Waals surface area contributed by atoms with E-state index >= 15 is 0 Å². The molecule has 88 valence electrons. The highest BCUT2D eigenvalue weighted by molar-refractivity contribution is 5.91. The van der Waals surface area contributed by atoms with Gasteiger partial charge in [-0.15, -0.1) is 0 Å². The molecule has 0 bridgehead atoms. The van der Waals surface area contributed by atoms with Crippen LogP contribution in [0.4, 0.5) is 0 Å². The van der Waals surface area contributed by atoms with Crippen molar-refractivity contribution in [3.8, 4) is 0 Å². The van der Waals surface area contributed by atoms with Crippen molar-refractivity contribution in [1.82, 2.24) is 0 Å². The zero-order valence-corrected chi connectivity index (χ0v) is 9.75. The Morgan fingerprint density at radius 3 is 2.40 bits per heavy atom. The molecule has 4 heteroatoms. The lowest BCUT2D eigenvalue weighted by Crippen LogP contribution is -2.18. The lowest BCUT2D eigenvalue weighted by atomic mass is 10.3. The molecule has 0 heterocycles. The molecule has 0 amide bonds. The quantitative estimate of drug-likeness (QED) is 0.371. The van der Waals surface area contributed by atoms with Crippen molar-refractivity contribution in [3.63, 3.8) is 0 Å². The van der Waals surface area contributed by atoms with E-state index in [2.05, 4.69) is 0 Å². The van der Waals surface area contributed by atoms with Crippen LogP contribution in [0.25, 0.3) is 0 Å². The van der Waals surface area contributed by atoms with Crippen LogP contribution < -0.4 is 0 Å². The normalized spacial score (nSPS) is 11.9. The molecule has 0 aliphatic carbocycles. The predicted octanol–water partition coefficient (Wildman–Crippen LogP) is 2.06. The minimum Gasteiger partial charge on any atom is -0.465 e. The molecule has 0 rings (SSSR count). The average Bonchev–Trinajstić information content (AvgIpc) is 2.17. The topological polar surface area (TPSA) is 52.6 Å². The van der Waals surface area contributed by atoms with Gasteiger partial charge in [0.25, 0.3) is 0 Å². The van der Waals surface area contributed by atoms with E-state index in [1.54, 1.807) is 6.92 Å². The van der Waals surface area contributed by atoms with Gasteiger partial charge in [-0.05, 0) is 19.8 Å². The minimum atomic E-state index is -0.508. The highest BCUT2D eigenvalue weighted by atomic mass is 16.6. The number of esters is 2. The van der Waals surface area contributed by atoms with E-state index in [0.29, 0.717) is 6.61 Å². The molecule has 0 aliphatic rings. The van der Waals surface area contributed by atoms with Gasteiger partial charge in [0, 0.05) is 0 Å². The van der Waals surface area contributed by atoms with Gasteiger partial charge in [0.05, 0.1) is 12.7 Å². The molecule has 1 unspecified atom stereocenters. The SMILES string of the molecule is CCCCOC(=O)CC(=O)OC(C)CC. The van der Waals surface area contributed by atoms with Crippen LogP contribution in [-0.2, 0) is 19.1 Å². The van der Waals surface area contributed by atoms with Crippen molar-refractivity contribution < 1.29 is 19.1 Å². The third-order valence-electron chi connectivity index (χ3n) is 1.96. The van der Waals surface area contributed by atoms with E-state index in [1.165, 1.54) is 0 Å². The second kappa shape index (κ2) is 8.26. The molecule has 0 aliphatic heterocycles. The molecule has 0 aromatic heterocycles. The van der Waals surface area contributed by atoms with Gasteiger partial charge in [-0.2, -0.15) is 0 Å². The minimum absolute atomic E-state index is 0.138. The van der Waals surface area contributed by atoms with Crippen molar-refractivity contribution in [1.29, 1.82) is 0 Å². The monoisotopic (exact) mass is 216 g/mol. The van der Waals surface area contributed by atoms with Crippen LogP contribution >= 0.6 is 0 Å². The Labute approximate surface area is 90.9 Å². The van der Waals surface area contributed by atoms with Gasteiger partial charge in [-0.3, -0.25) is 9.59 Å². The first-order valence-corrected chi connectivity index (χ1v) is 5.45. The molecule has 0 saturated heterocycles. The molecule has 0 radical (unpaired) electrons. The standard InChI is InChI=1S/C11H20O4/c1-4-6-7-14-10(12)8-11(13)15-9(3)5-2/h9H,4-8H2,1-3H3. The Kier molecular flexibility index (Phi) is 7.68. The van der Waals surface area contributed by atoms with E-state index < -0.39 is 11.9 Å². The lowest BCUT2D eigenvalue weighted by Gasteiger charge is -2.10. The van der Waals surface area contributed by atoms with Gasteiger partial charge in [0.15, 0.2) is 0 Å². The van der Waals surface area contributed by atoms with Crippen LogP contribution in [0, 0.1) is 0 Å². The number of carbonyl (C=O) groups is 2.